The smallest absolute Gasteiger partial charge is 0.332 e. The first-order valence-electron chi connectivity index (χ1n) is 17.3. The van der Waals surface area contributed by atoms with Crippen molar-refractivity contribution in [3.05, 3.63) is 108 Å². The number of rotatable bonds is 9. The van der Waals surface area contributed by atoms with Gasteiger partial charge >= 0.3 is 23.9 Å². The number of aliphatic carboxylic acids is 1. The number of allylic oxidation sites excluding steroid dienone is 4. The maximum absolute atomic E-state index is 13.6. The Morgan fingerprint density at radius 3 is 2.02 bits per heavy atom. The molecule has 3 aliphatic rings. The average molecular weight is 721 g/mol. The average Bonchev–Trinajstić information content (AvgIpc) is 3.79. The molecular weight excluding hydrogens is 676 g/mol. The van der Waals surface area contributed by atoms with E-state index in [4.69, 9.17) is 14.2 Å². The van der Waals surface area contributed by atoms with Gasteiger partial charge in [0.05, 0.1) is 32.3 Å². The molecule has 12 heteroatoms. The summed E-state index contributed by atoms with van der Waals surface area (Å²) < 4.78 is 15.2. The van der Waals surface area contributed by atoms with E-state index in [-0.39, 0.29) is 30.4 Å². The van der Waals surface area contributed by atoms with Gasteiger partial charge in [-0.15, -0.1) is 0 Å². The lowest BCUT2D eigenvalue weighted by atomic mass is 9.64. The standard InChI is InChI=1S/C41H44N4O8/c1-9-23-20(2)29-17-34-27-13-10-26(39(48)49)38(40(50)53-8)41(27,5)35(45-34)19-30-22(4)25(12-15-37(47)52-7)33(44-30)18-32-24(11-14-36(46)51-6)21(3)28(43-32)16-31(23)42-29/h9-10,13,16-19,38,42-45H,1,11-12,14-15H2,2-8H3,(H,48,49). The van der Waals surface area contributed by atoms with Gasteiger partial charge in [-0.2, -0.15) is 0 Å². The van der Waals surface area contributed by atoms with Crippen molar-refractivity contribution in [2.24, 2.45) is 11.3 Å². The van der Waals surface area contributed by atoms with Gasteiger partial charge in [-0.05, 0) is 98.2 Å². The van der Waals surface area contributed by atoms with Crippen molar-refractivity contribution in [1.29, 1.82) is 0 Å². The van der Waals surface area contributed by atoms with Crippen LogP contribution in [0.2, 0.25) is 0 Å². The van der Waals surface area contributed by atoms with Gasteiger partial charge in [0.1, 0.15) is 5.92 Å². The summed E-state index contributed by atoms with van der Waals surface area (Å²) in [5.41, 5.74) is 9.19. The van der Waals surface area contributed by atoms with Gasteiger partial charge in [0.2, 0.25) is 0 Å². The van der Waals surface area contributed by atoms with E-state index in [0.29, 0.717) is 29.9 Å². The number of fused-ring (bicyclic) bond motifs is 11. The molecular formula is C41H44N4O8. The Morgan fingerprint density at radius 2 is 1.40 bits per heavy atom. The molecule has 0 saturated carbocycles. The number of carbonyl (C=O) groups excluding carboxylic acids is 3. The van der Waals surface area contributed by atoms with Gasteiger partial charge in [0.15, 0.2) is 0 Å². The number of nitrogens with one attached hydrogen (secondary N) is 4. The number of carboxylic acid groups (broad SMARTS) is 1. The van der Waals surface area contributed by atoms with Crippen LogP contribution in [0, 0.1) is 32.1 Å². The summed E-state index contributed by atoms with van der Waals surface area (Å²) in [6.45, 7) is 11.9. The van der Waals surface area contributed by atoms with Crippen LogP contribution >= 0.6 is 0 Å². The van der Waals surface area contributed by atoms with E-state index in [1.807, 2.05) is 52.0 Å². The normalized spacial score (nSPS) is 18.5. The highest BCUT2D eigenvalue weighted by atomic mass is 16.5. The fourth-order valence-electron chi connectivity index (χ4n) is 7.84. The number of hydrogen-bond acceptors (Lipinski definition) is 8. The van der Waals surface area contributed by atoms with Crippen molar-refractivity contribution < 1.29 is 38.5 Å². The minimum absolute atomic E-state index is 0.0852. The van der Waals surface area contributed by atoms with Gasteiger partial charge in [-0.25, -0.2) is 4.79 Å². The van der Waals surface area contributed by atoms with Crippen LogP contribution in [-0.4, -0.2) is 65.3 Å². The highest BCUT2D eigenvalue weighted by molar-refractivity contribution is 5.97. The summed E-state index contributed by atoms with van der Waals surface area (Å²) in [7, 11) is 3.97. The second-order valence-corrected chi connectivity index (χ2v) is 13.7. The quantitative estimate of drug-likeness (QED) is 0.161. The number of H-pyrrole nitrogens is 3. The molecule has 12 nitrogen and oxygen atoms in total. The molecule has 2 atom stereocenters. The van der Waals surface area contributed by atoms with Gasteiger partial charge in [0.25, 0.3) is 0 Å². The van der Waals surface area contributed by atoms with E-state index in [0.717, 1.165) is 66.7 Å². The topological polar surface area (TPSA) is 176 Å². The molecule has 0 spiro atoms. The Hall–Kier alpha value is -6.04. The summed E-state index contributed by atoms with van der Waals surface area (Å²) in [5, 5.41) is 15.4. The minimum Gasteiger partial charge on any atom is -0.478 e. The molecule has 3 aromatic rings. The highest BCUT2D eigenvalue weighted by Crippen LogP contribution is 2.55. The van der Waals surface area contributed by atoms with Gasteiger partial charge in [-0.1, -0.05) is 24.8 Å². The van der Waals surface area contributed by atoms with Crippen LogP contribution in [0.3, 0.4) is 0 Å². The molecule has 2 aliphatic heterocycles. The zero-order valence-corrected chi connectivity index (χ0v) is 31.0. The molecule has 5 heterocycles. The number of esters is 3. The van der Waals surface area contributed by atoms with Crippen LogP contribution in [0.4, 0.5) is 0 Å². The van der Waals surface area contributed by atoms with Crippen LogP contribution < -0.4 is 16.0 Å². The predicted molar refractivity (Wildman–Crippen MR) is 200 cm³/mol. The summed E-state index contributed by atoms with van der Waals surface area (Å²) in [6.07, 6.45) is 14.0. The lowest BCUT2D eigenvalue weighted by Gasteiger charge is -2.36. The highest BCUT2D eigenvalue weighted by Gasteiger charge is 2.55. The van der Waals surface area contributed by atoms with E-state index in [1.54, 1.807) is 12.2 Å². The van der Waals surface area contributed by atoms with E-state index in [2.05, 4.69) is 26.8 Å². The van der Waals surface area contributed by atoms with Crippen molar-refractivity contribution in [1.82, 2.24) is 20.3 Å². The summed E-state index contributed by atoms with van der Waals surface area (Å²) >= 11 is 0. The first-order chi connectivity index (χ1) is 25.3. The van der Waals surface area contributed by atoms with E-state index < -0.39 is 23.3 Å². The molecule has 8 bridgehead atoms. The maximum atomic E-state index is 13.6. The second kappa shape index (κ2) is 14.2. The molecule has 1 saturated heterocycles. The molecule has 1 aliphatic carbocycles. The Kier molecular flexibility index (Phi) is 9.83. The maximum Gasteiger partial charge on any atom is 0.332 e. The van der Waals surface area contributed by atoms with Gasteiger partial charge in [-0.3, -0.25) is 14.4 Å². The number of carboxylic acids is 1. The lowest BCUT2D eigenvalue weighted by molar-refractivity contribution is -0.149. The van der Waals surface area contributed by atoms with Crippen LogP contribution in [0.15, 0.2) is 41.3 Å². The Bertz CT molecular complexity index is 2340. The SMILES string of the molecule is C=Cc1c2[nH]c(c1C)C=C1NC(=Cc3[nH]c(c(CCC(=O)OC)c3C)C=c3[nH]c(c(C)c3CCC(=O)OC)=C2)C2(C)C1=CC=C(C(=O)O)C2C(=O)OC. The number of aromatic amines is 3. The van der Waals surface area contributed by atoms with Crippen LogP contribution in [0.25, 0.3) is 30.4 Å². The Morgan fingerprint density at radius 1 is 0.774 bits per heavy atom. The van der Waals surface area contributed by atoms with E-state index in [1.165, 1.54) is 27.4 Å². The molecule has 53 heavy (non-hydrogen) atoms. The fraction of sp³-hybridized carbons (Fsp3) is 0.317. The summed E-state index contributed by atoms with van der Waals surface area (Å²) in [6, 6.07) is 0. The molecule has 0 aromatic carbocycles. The van der Waals surface area contributed by atoms with Crippen LogP contribution in [0.5, 0.6) is 0 Å². The van der Waals surface area contributed by atoms with Crippen molar-refractivity contribution in [2.45, 2.75) is 53.4 Å². The molecule has 0 amide bonds. The number of hydrogen-bond donors (Lipinski definition) is 5. The lowest BCUT2D eigenvalue weighted by Crippen LogP contribution is -2.40. The largest absolute Gasteiger partial charge is 0.478 e. The zero-order chi connectivity index (χ0) is 38.4. The zero-order valence-electron chi connectivity index (χ0n) is 31.0. The number of carbonyl (C=O) groups is 4. The first kappa shape index (κ1) is 36.7. The molecule has 276 valence electrons. The summed E-state index contributed by atoms with van der Waals surface area (Å²) in [4.78, 5) is 61.5. The Labute approximate surface area is 306 Å². The third-order valence-electron chi connectivity index (χ3n) is 10.9. The number of ether oxygens (including phenoxy) is 3. The third kappa shape index (κ3) is 6.28. The number of methoxy groups -OCH3 is 3. The van der Waals surface area contributed by atoms with Crippen molar-refractivity contribution in [3.63, 3.8) is 0 Å². The monoisotopic (exact) mass is 720 g/mol. The molecule has 1 fully saturated rings. The third-order valence-corrected chi connectivity index (χ3v) is 10.9. The molecule has 5 N–H and O–H groups in total. The van der Waals surface area contributed by atoms with Crippen LogP contribution in [0.1, 0.15) is 75.9 Å². The van der Waals surface area contributed by atoms with Crippen LogP contribution in [-0.2, 0) is 46.2 Å². The van der Waals surface area contributed by atoms with Crippen molar-refractivity contribution in [3.8, 4) is 0 Å². The summed E-state index contributed by atoms with van der Waals surface area (Å²) in [5.74, 6) is -3.75. The Balaban J connectivity index is 1.71. The fourth-order valence-corrected chi connectivity index (χ4v) is 7.84. The second-order valence-electron chi connectivity index (χ2n) is 13.7. The molecule has 2 unspecified atom stereocenters. The van der Waals surface area contributed by atoms with Crippen molar-refractivity contribution >= 4 is 54.3 Å². The number of aromatic nitrogens is 3. The van der Waals surface area contributed by atoms with E-state index in [9.17, 15) is 24.3 Å². The molecule has 0 radical (unpaired) electrons. The molecule has 6 rings (SSSR count). The van der Waals surface area contributed by atoms with Crippen molar-refractivity contribution in [2.75, 3.05) is 21.3 Å². The van der Waals surface area contributed by atoms with E-state index >= 15 is 0 Å². The first-order valence-corrected chi connectivity index (χ1v) is 17.3. The molecule has 3 aromatic heterocycles. The minimum atomic E-state index is -1.22. The predicted octanol–water partition coefficient (Wildman–Crippen LogP) is 4.15. The van der Waals surface area contributed by atoms with Gasteiger partial charge in [0, 0.05) is 63.3 Å². The van der Waals surface area contributed by atoms with Gasteiger partial charge < -0.3 is 39.6 Å².